The molecule has 0 spiro atoms. The van der Waals surface area contributed by atoms with Crippen LogP contribution >= 0.6 is 15.9 Å². The standard InChI is InChI=1S/C15H12BrN3O5/c1-24-13-7-9(6-12(16)14(13)20)8-17-18-15(21)10-2-4-11(5-3-10)19(22)23/h2-8,20H,1H3,(H,18,21)/b17-8+. The van der Waals surface area contributed by atoms with Crippen LogP contribution < -0.4 is 10.2 Å². The van der Waals surface area contributed by atoms with Crippen LogP contribution in [-0.4, -0.2) is 29.3 Å². The van der Waals surface area contributed by atoms with E-state index in [4.69, 9.17) is 4.74 Å². The first-order chi connectivity index (χ1) is 11.4. The Labute approximate surface area is 145 Å². The van der Waals surface area contributed by atoms with Crippen molar-refractivity contribution in [2.45, 2.75) is 0 Å². The molecule has 0 aliphatic heterocycles. The Morgan fingerprint density at radius 1 is 1.38 bits per heavy atom. The van der Waals surface area contributed by atoms with Gasteiger partial charge in [0.25, 0.3) is 11.6 Å². The minimum Gasteiger partial charge on any atom is -0.503 e. The summed E-state index contributed by atoms with van der Waals surface area (Å²) in [7, 11) is 1.42. The van der Waals surface area contributed by atoms with Gasteiger partial charge in [-0.05, 0) is 45.8 Å². The first-order valence-electron chi connectivity index (χ1n) is 6.56. The number of hydrogen-bond donors (Lipinski definition) is 2. The Kier molecular flexibility index (Phi) is 5.48. The summed E-state index contributed by atoms with van der Waals surface area (Å²) in [6, 6.07) is 8.29. The monoisotopic (exact) mass is 393 g/mol. The molecule has 2 rings (SSSR count). The first-order valence-corrected chi connectivity index (χ1v) is 7.36. The van der Waals surface area contributed by atoms with E-state index < -0.39 is 10.8 Å². The quantitative estimate of drug-likeness (QED) is 0.460. The largest absolute Gasteiger partial charge is 0.503 e. The second-order valence-corrected chi connectivity index (χ2v) is 5.41. The molecule has 2 N–H and O–H groups in total. The maximum Gasteiger partial charge on any atom is 0.271 e. The van der Waals surface area contributed by atoms with E-state index in [-0.39, 0.29) is 22.7 Å². The number of ether oxygens (including phenoxy) is 1. The molecule has 2 aromatic carbocycles. The summed E-state index contributed by atoms with van der Waals surface area (Å²) >= 11 is 3.18. The topological polar surface area (TPSA) is 114 Å². The Bertz CT molecular complexity index is 806. The molecule has 1 amide bonds. The van der Waals surface area contributed by atoms with E-state index in [0.29, 0.717) is 10.0 Å². The van der Waals surface area contributed by atoms with Gasteiger partial charge in [0.1, 0.15) is 0 Å². The molecular weight excluding hydrogens is 382 g/mol. The molecule has 0 aromatic heterocycles. The van der Waals surface area contributed by atoms with E-state index in [9.17, 15) is 20.0 Å². The average molecular weight is 394 g/mol. The van der Waals surface area contributed by atoms with Crippen LogP contribution in [-0.2, 0) is 0 Å². The summed E-state index contributed by atoms with van der Waals surface area (Å²) in [4.78, 5) is 21.9. The van der Waals surface area contributed by atoms with Crippen LogP contribution in [0.5, 0.6) is 11.5 Å². The van der Waals surface area contributed by atoms with Crippen molar-refractivity contribution >= 4 is 33.7 Å². The molecule has 0 radical (unpaired) electrons. The van der Waals surface area contributed by atoms with Gasteiger partial charge in [-0.25, -0.2) is 5.43 Å². The van der Waals surface area contributed by atoms with Gasteiger partial charge in [0.2, 0.25) is 0 Å². The minimum atomic E-state index is -0.546. The van der Waals surface area contributed by atoms with Crippen LogP contribution in [0, 0.1) is 10.1 Å². The Balaban J connectivity index is 2.07. The van der Waals surface area contributed by atoms with Crippen molar-refractivity contribution in [1.29, 1.82) is 0 Å². The number of nitrogens with one attached hydrogen (secondary N) is 1. The van der Waals surface area contributed by atoms with E-state index in [1.807, 2.05) is 0 Å². The SMILES string of the molecule is COc1cc(/C=N/NC(=O)c2ccc([N+](=O)[O-])cc2)cc(Br)c1O. The lowest BCUT2D eigenvalue weighted by molar-refractivity contribution is -0.384. The molecule has 0 unspecified atom stereocenters. The number of non-ortho nitro benzene ring substituents is 1. The molecule has 24 heavy (non-hydrogen) atoms. The van der Waals surface area contributed by atoms with Gasteiger partial charge in [0.15, 0.2) is 11.5 Å². The normalized spacial score (nSPS) is 10.6. The third-order valence-corrected chi connectivity index (χ3v) is 3.60. The predicted molar refractivity (Wildman–Crippen MR) is 90.5 cm³/mol. The first kappa shape index (κ1) is 17.4. The van der Waals surface area contributed by atoms with Crippen molar-refractivity contribution in [3.8, 4) is 11.5 Å². The molecule has 9 heteroatoms. The van der Waals surface area contributed by atoms with E-state index in [2.05, 4.69) is 26.5 Å². The van der Waals surface area contributed by atoms with Gasteiger partial charge in [-0.3, -0.25) is 14.9 Å². The third-order valence-electron chi connectivity index (χ3n) is 2.99. The van der Waals surface area contributed by atoms with Crippen LogP contribution in [0.3, 0.4) is 0 Å². The smallest absolute Gasteiger partial charge is 0.271 e. The summed E-state index contributed by atoms with van der Waals surface area (Å²) in [5, 5.41) is 24.1. The lowest BCUT2D eigenvalue weighted by Crippen LogP contribution is -2.17. The maximum atomic E-state index is 11.9. The van der Waals surface area contributed by atoms with Crippen molar-refractivity contribution in [3.63, 3.8) is 0 Å². The molecular formula is C15H12BrN3O5. The summed E-state index contributed by atoms with van der Waals surface area (Å²) in [5.74, 6) is -0.289. The highest BCUT2D eigenvalue weighted by molar-refractivity contribution is 9.10. The van der Waals surface area contributed by atoms with Gasteiger partial charge in [0.05, 0.1) is 22.7 Å². The number of benzene rings is 2. The van der Waals surface area contributed by atoms with Crippen LogP contribution in [0.25, 0.3) is 0 Å². The Hall–Kier alpha value is -2.94. The van der Waals surface area contributed by atoms with Crippen molar-refractivity contribution in [3.05, 3.63) is 62.1 Å². The molecule has 0 aliphatic rings. The molecule has 0 fully saturated rings. The highest BCUT2D eigenvalue weighted by Gasteiger charge is 2.09. The second-order valence-electron chi connectivity index (χ2n) is 4.56. The summed E-state index contributed by atoms with van der Waals surface area (Å²) in [6.07, 6.45) is 1.37. The van der Waals surface area contributed by atoms with E-state index in [1.54, 1.807) is 12.1 Å². The summed E-state index contributed by atoms with van der Waals surface area (Å²) in [6.45, 7) is 0. The summed E-state index contributed by atoms with van der Waals surface area (Å²) < 4.78 is 5.43. The number of carbonyl (C=O) groups is 1. The van der Waals surface area contributed by atoms with Gasteiger partial charge in [-0.15, -0.1) is 0 Å². The lowest BCUT2D eigenvalue weighted by atomic mass is 10.2. The van der Waals surface area contributed by atoms with Gasteiger partial charge in [-0.2, -0.15) is 5.10 Å². The number of methoxy groups -OCH3 is 1. The zero-order valence-electron chi connectivity index (χ0n) is 12.4. The lowest BCUT2D eigenvalue weighted by Gasteiger charge is -2.06. The fraction of sp³-hybridized carbons (Fsp3) is 0.0667. The molecule has 0 saturated carbocycles. The number of hydrogen-bond acceptors (Lipinski definition) is 6. The molecule has 0 saturated heterocycles. The fourth-order valence-electron chi connectivity index (χ4n) is 1.79. The zero-order chi connectivity index (χ0) is 17.7. The molecule has 2 aromatic rings. The van der Waals surface area contributed by atoms with Gasteiger partial charge < -0.3 is 9.84 Å². The predicted octanol–water partition coefficient (Wildman–Crippen LogP) is 2.84. The molecule has 0 aliphatic carbocycles. The highest BCUT2D eigenvalue weighted by atomic mass is 79.9. The number of nitro benzene ring substituents is 1. The van der Waals surface area contributed by atoms with Crippen molar-refractivity contribution in [2.24, 2.45) is 5.10 Å². The number of nitrogens with zero attached hydrogens (tertiary/aromatic N) is 2. The van der Waals surface area contributed by atoms with Crippen molar-refractivity contribution in [1.82, 2.24) is 5.43 Å². The third kappa shape index (κ3) is 4.07. The van der Waals surface area contributed by atoms with Crippen molar-refractivity contribution in [2.75, 3.05) is 7.11 Å². The molecule has 8 nitrogen and oxygen atoms in total. The van der Waals surface area contributed by atoms with Gasteiger partial charge in [0, 0.05) is 17.7 Å². The van der Waals surface area contributed by atoms with Crippen LogP contribution in [0.15, 0.2) is 46.0 Å². The highest BCUT2D eigenvalue weighted by Crippen LogP contribution is 2.34. The molecule has 0 atom stereocenters. The number of hydrazone groups is 1. The number of amides is 1. The number of phenols is 1. The van der Waals surface area contributed by atoms with E-state index >= 15 is 0 Å². The van der Waals surface area contributed by atoms with Crippen molar-refractivity contribution < 1.29 is 19.6 Å². The van der Waals surface area contributed by atoms with Gasteiger partial charge in [-0.1, -0.05) is 0 Å². The molecule has 124 valence electrons. The number of halogens is 1. The van der Waals surface area contributed by atoms with Crippen LogP contribution in [0.1, 0.15) is 15.9 Å². The van der Waals surface area contributed by atoms with Gasteiger partial charge >= 0.3 is 0 Å². The number of aromatic hydroxyl groups is 1. The van der Waals surface area contributed by atoms with E-state index in [0.717, 1.165) is 0 Å². The molecule has 0 heterocycles. The zero-order valence-corrected chi connectivity index (χ0v) is 14.0. The summed E-state index contributed by atoms with van der Waals surface area (Å²) in [5.41, 5.74) is 3.03. The number of carbonyl (C=O) groups excluding carboxylic acids is 1. The number of nitro groups is 1. The Morgan fingerprint density at radius 2 is 2.04 bits per heavy atom. The van der Waals surface area contributed by atoms with Crippen LogP contribution in [0.4, 0.5) is 5.69 Å². The second kappa shape index (κ2) is 7.55. The van der Waals surface area contributed by atoms with Crippen LogP contribution in [0.2, 0.25) is 0 Å². The molecule has 0 bridgehead atoms. The van der Waals surface area contributed by atoms with E-state index in [1.165, 1.54) is 37.6 Å². The fourth-order valence-corrected chi connectivity index (χ4v) is 2.25. The number of rotatable bonds is 5. The number of phenolic OH excluding ortho intramolecular Hbond substituents is 1. The average Bonchev–Trinajstić information content (AvgIpc) is 2.57. The Morgan fingerprint density at radius 3 is 2.62 bits per heavy atom. The maximum absolute atomic E-state index is 11.9. The minimum absolute atomic E-state index is 0.0374.